The quantitative estimate of drug-likeness (QED) is 0.667. The minimum absolute atomic E-state index is 0.0811. The van der Waals surface area contributed by atoms with Crippen LogP contribution in [0.3, 0.4) is 0 Å². The second-order valence-corrected chi connectivity index (χ2v) is 4.47. The van der Waals surface area contributed by atoms with Crippen LogP contribution in [0.4, 0.5) is 0 Å². The van der Waals surface area contributed by atoms with Gasteiger partial charge in [0, 0.05) is 5.92 Å². The Bertz CT molecular complexity index is 627. The highest BCUT2D eigenvalue weighted by molar-refractivity contribution is 5.14. The largest absolute Gasteiger partial charge is 0.318 e. The van der Waals surface area contributed by atoms with Gasteiger partial charge < -0.3 is 0 Å². The second-order valence-electron chi connectivity index (χ2n) is 4.47. The number of H-pyrrole nitrogens is 1. The minimum Gasteiger partial charge on any atom is -0.282 e. The first-order valence-corrected chi connectivity index (χ1v) is 5.96. The Morgan fingerprint density at radius 1 is 1.42 bits per heavy atom. The Hall–Kier alpha value is -2.44. The monoisotopic (exact) mass is 261 g/mol. The number of benzene rings is 1. The summed E-state index contributed by atoms with van der Waals surface area (Å²) in [5.41, 5.74) is 1.10. The fourth-order valence-corrected chi connectivity index (χ4v) is 1.67. The molecule has 0 aliphatic heterocycles. The third-order valence-electron chi connectivity index (χ3n) is 2.61. The van der Waals surface area contributed by atoms with Gasteiger partial charge >= 0.3 is 5.62 Å². The molecular formula is C12H15N5O2. The predicted molar refractivity (Wildman–Crippen MR) is 68.8 cm³/mol. The molecule has 19 heavy (non-hydrogen) atoms. The van der Waals surface area contributed by atoms with Crippen LogP contribution in [-0.2, 0) is 6.54 Å². The standard InChI is InChI=1S/C12H15N5O2/c1-9(2)11-13-12(15-17(18)19)16(14-11)8-10-6-4-3-5-7-10/h3-7,9H,8H2,1-2H3,(H,13,14,15). The first-order chi connectivity index (χ1) is 9.06. The third kappa shape index (κ3) is 3.27. The predicted octanol–water partition coefficient (Wildman–Crippen LogP) is 1.48. The van der Waals surface area contributed by atoms with Gasteiger partial charge in [-0.25, -0.2) is 14.8 Å². The summed E-state index contributed by atoms with van der Waals surface area (Å²) in [7, 11) is 0. The van der Waals surface area contributed by atoms with Crippen molar-refractivity contribution in [2.24, 2.45) is 5.10 Å². The number of aromatic amines is 1. The van der Waals surface area contributed by atoms with E-state index >= 15 is 0 Å². The molecule has 2 aromatic rings. The zero-order valence-corrected chi connectivity index (χ0v) is 10.8. The van der Waals surface area contributed by atoms with Gasteiger partial charge in [-0.3, -0.25) is 5.10 Å². The highest BCUT2D eigenvalue weighted by Crippen LogP contribution is 2.06. The van der Waals surface area contributed by atoms with Crippen molar-refractivity contribution in [3.8, 4) is 0 Å². The molecule has 0 amide bonds. The zero-order valence-electron chi connectivity index (χ0n) is 10.8. The molecule has 0 saturated carbocycles. The summed E-state index contributed by atoms with van der Waals surface area (Å²) in [6.45, 7) is 4.39. The molecule has 0 radical (unpaired) electrons. The number of nitrogens with zero attached hydrogens (tertiary/aromatic N) is 4. The van der Waals surface area contributed by atoms with Gasteiger partial charge in [0.25, 0.3) is 0 Å². The fraction of sp³-hybridized carbons (Fsp3) is 0.333. The number of aromatic nitrogens is 3. The topological polar surface area (TPSA) is 89.1 Å². The maximum absolute atomic E-state index is 10.5. The first-order valence-electron chi connectivity index (χ1n) is 5.96. The lowest BCUT2D eigenvalue weighted by atomic mass is 10.2. The molecule has 0 atom stereocenters. The molecule has 7 heteroatoms. The van der Waals surface area contributed by atoms with E-state index in [0.717, 1.165) is 5.56 Å². The number of nitro groups is 1. The van der Waals surface area contributed by atoms with Crippen LogP contribution in [0, 0.1) is 10.1 Å². The molecule has 2 rings (SSSR count). The lowest BCUT2D eigenvalue weighted by Crippen LogP contribution is -2.22. The highest BCUT2D eigenvalue weighted by Gasteiger charge is 2.09. The summed E-state index contributed by atoms with van der Waals surface area (Å²) < 4.78 is 1.58. The smallest absolute Gasteiger partial charge is 0.282 e. The van der Waals surface area contributed by atoms with Crippen LogP contribution >= 0.6 is 0 Å². The van der Waals surface area contributed by atoms with Crippen molar-refractivity contribution in [3.05, 3.63) is 57.5 Å². The van der Waals surface area contributed by atoms with E-state index in [1.54, 1.807) is 4.68 Å². The van der Waals surface area contributed by atoms with Gasteiger partial charge in [-0.05, 0) is 5.56 Å². The summed E-state index contributed by atoms with van der Waals surface area (Å²) in [4.78, 5) is 14.7. The van der Waals surface area contributed by atoms with E-state index < -0.39 is 5.03 Å². The van der Waals surface area contributed by atoms with Gasteiger partial charge in [-0.15, -0.1) is 0 Å². The number of hydrogen-bond donors (Lipinski definition) is 1. The van der Waals surface area contributed by atoms with Crippen LogP contribution in [0.15, 0.2) is 35.4 Å². The van der Waals surface area contributed by atoms with E-state index in [-0.39, 0.29) is 11.5 Å². The number of rotatable bonds is 4. The Kier molecular flexibility index (Phi) is 3.74. The van der Waals surface area contributed by atoms with E-state index in [1.165, 1.54) is 0 Å². The van der Waals surface area contributed by atoms with Crippen molar-refractivity contribution in [2.75, 3.05) is 0 Å². The molecule has 0 spiro atoms. The van der Waals surface area contributed by atoms with Gasteiger partial charge in [0.05, 0.1) is 6.54 Å². The van der Waals surface area contributed by atoms with E-state index in [4.69, 9.17) is 0 Å². The molecule has 100 valence electrons. The summed E-state index contributed by atoms with van der Waals surface area (Å²) >= 11 is 0. The first kappa shape index (κ1) is 13.0. The van der Waals surface area contributed by atoms with E-state index in [0.29, 0.717) is 12.4 Å². The summed E-state index contributed by atoms with van der Waals surface area (Å²) in [6, 6.07) is 9.64. The minimum atomic E-state index is -0.734. The molecule has 1 aromatic carbocycles. The average molecular weight is 261 g/mol. The molecule has 1 heterocycles. The van der Waals surface area contributed by atoms with Crippen LogP contribution in [0.25, 0.3) is 0 Å². The van der Waals surface area contributed by atoms with E-state index in [1.807, 2.05) is 44.2 Å². The lowest BCUT2D eigenvalue weighted by molar-refractivity contribution is -0.491. The number of nitrogens with one attached hydrogen (secondary N) is 1. The van der Waals surface area contributed by atoms with Crippen LogP contribution in [-0.4, -0.2) is 19.8 Å². The van der Waals surface area contributed by atoms with Crippen molar-refractivity contribution < 1.29 is 5.03 Å². The maximum atomic E-state index is 10.5. The van der Waals surface area contributed by atoms with Gasteiger partial charge in [-0.2, -0.15) is 4.98 Å². The zero-order chi connectivity index (χ0) is 13.8. The van der Waals surface area contributed by atoms with Crippen LogP contribution in [0.1, 0.15) is 31.2 Å². The molecule has 0 saturated heterocycles. The summed E-state index contributed by atoms with van der Waals surface area (Å²) in [6.07, 6.45) is 0. The highest BCUT2D eigenvalue weighted by atomic mass is 16.7. The van der Waals surface area contributed by atoms with Crippen LogP contribution < -0.4 is 5.62 Å². The van der Waals surface area contributed by atoms with Crippen molar-refractivity contribution in [3.63, 3.8) is 0 Å². The van der Waals surface area contributed by atoms with Crippen molar-refractivity contribution >= 4 is 0 Å². The molecule has 0 unspecified atom stereocenters. The number of hydrogen-bond acceptors (Lipinski definition) is 3. The molecule has 0 aliphatic carbocycles. The molecule has 0 aliphatic rings. The Labute approximate surface area is 109 Å². The van der Waals surface area contributed by atoms with Crippen molar-refractivity contribution in [1.82, 2.24) is 14.8 Å². The van der Waals surface area contributed by atoms with Gasteiger partial charge in [-0.1, -0.05) is 44.2 Å². The molecule has 0 bridgehead atoms. The normalized spacial score (nSPS) is 12.1. The second kappa shape index (κ2) is 5.47. The maximum Gasteiger partial charge on any atom is 0.318 e. The lowest BCUT2D eigenvalue weighted by Gasteiger charge is -2.02. The summed E-state index contributed by atoms with van der Waals surface area (Å²) in [5, 5.41) is 16.1. The third-order valence-corrected chi connectivity index (χ3v) is 2.61. The van der Waals surface area contributed by atoms with Crippen LogP contribution in [0.2, 0.25) is 0 Å². The molecule has 7 nitrogen and oxygen atoms in total. The van der Waals surface area contributed by atoms with Crippen molar-refractivity contribution in [2.45, 2.75) is 26.3 Å². The van der Waals surface area contributed by atoms with E-state index in [9.17, 15) is 10.1 Å². The molecular weight excluding hydrogens is 246 g/mol. The van der Waals surface area contributed by atoms with Gasteiger partial charge in [0.1, 0.15) is 10.9 Å². The SMILES string of the molecule is CC(C)c1n/c(=N\[N+](=O)[O-])n(Cc2ccccc2)[nH]1. The molecule has 0 fully saturated rings. The Morgan fingerprint density at radius 3 is 2.68 bits per heavy atom. The van der Waals surface area contributed by atoms with E-state index in [2.05, 4.69) is 15.2 Å². The Balaban J connectivity index is 2.41. The van der Waals surface area contributed by atoms with Crippen molar-refractivity contribution in [1.29, 1.82) is 0 Å². The van der Waals surface area contributed by atoms with Gasteiger partial charge in [0.2, 0.25) is 0 Å². The van der Waals surface area contributed by atoms with Gasteiger partial charge in [0.15, 0.2) is 5.03 Å². The van der Waals surface area contributed by atoms with Crippen LogP contribution in [0.5, 0.6) is 0 Å². The molecule has 1 aromatic heterocycles. The Morgan fingerprint density at radius 2 is 2.11 bits per heavy atom. The molecule has 1 N–H and O–H groups in total. The summed E-state index contributed by atoms with van der Waals surface area (Å²) in [5.74, 6) is 0.828. The fourth-order valence-electron chi connectivity index (χ4n) is 1.67. The average Bonchev–Trinajstić information content (AvgIpc) is 2.73.